The lowest BCUT2D eigenvalue weighted by Crippen LogP contribution is -2.18. The van der Waals surface area contributed by atoms with E-state index in [0.717, 1.165) is 5.69 Å². The van der Waals surface area contributed by atoms with E-state index < -0.39 is 0 Å². The summed E-state index contributed by atoms with van der Waals surface area (Å²) in [5, 5.41) is 7.45. The molecule has 0 aliphatic carbocycles. The number of rotatable bonds is 4. The smallest absolute Gasteiger partial charge is 0.176 e. The highest BCUT2D eigenvalue weighted by atomic mass is 35.5. The third-order valence-corrected chi connectivity index (χ3v) is 2.65. The monoisotopic (exact) mass is 249 g/mol. The fourth-order valence-corrected chi connectivity index (χ4v) is 1.73. The van der Waals surface area contributed by atoms with Gasteiger partial charge in [-0.25, -0.2) is 4.68 Å². The van der Waals surface area contributed by atoms with E-state index in [2.05, 4.69) is 10.4 Å². The second-order valence-electron chi connectivity index (χ2n) is 3.57. The van der Waals surface area contributed by atoms with Crippen molar-refractivity contribution in [3.8, 4) is 5.69 Å². The van der Waals surface area contributed by atoms with Crippen LogP contribution >= 0.6 is 11.6 Å². The molecule has 1 heterocycles. The lowest BCUT2D eigenvalue weighted by Gasteiger charge is -2.04. The summed E-state index contributed by atoms with van der Waals surface area (Å²) >= 11 is 5.95. The molecule has 0 fully saturated rings. The zero-order valence-electron chi connectivity index (χ0n) is 9.35. The first kappa shape index (κ1) is 11.8. The SMILES string of the molecule is CNCC(=O)c1ccc(-n2nccc2Cl)cc1. The van der Waals surface area contributed by atoms with Crippen molar-refractivity contribution in [3.05, 3.63) is 47.2 Å². The van der Waals surface area contributed by atoms with Crippen molar-refractivity contribution >= 4 is 17.4 Å². The van der Waals surface area contributed by atoms with Gasteiger partial charge in [0.1, 0.15) is 5.15 Å². The van der Waals surface area contributed by atoms with Crippen LogP contribution in [0.5, 0.6) is 0 Å². The molecule has 1 aromatic carbocycles. The number of aromatic nitrogens is 2. The largest absolute Gasteiger partial charge is 0.313 e. The van der Waals surface area contributed by atoms with E-state index >= 15 is 0 Å². The van der Waals surface area contributed by atoms with Crippen LogP contribution in [0.4, 0.5) is 0 Å². The van der Waals surface area contributed by atoms with Crippen LogP contribution in [0.3, 0.4) is 0 Å². The van der Waals surface area contributed by atoms with E-state index in [1.165, 1.54) is 0 Å². The molecule has 2 rings (SSSR count). The third-order valence-electron chi connectivity index (χ3n) is 2.37. The van der Waals surface area contributed by atoms with Gasteiger partial charge in [0.05, 0.1) is 18.4 Å². The fourth-order valence-electron chi connectivity index (χ4n) is 1.53. The maximum Gasteiger partial charge on any atom is 0.176 e. The Labute approximate surface area is 104 Å². The molecule has 0 spiro atoms. The predicted octanol–water partition coefficient (Wildman–Crippen LogP) is 1.93. The molecule has 0 radical (unpaired) electrons. The van der Waals surface area contributed by atoms with Crippen LogP contribution in [0.15, 0.2) is 36.5 Å². The van der Waals surface area contributed by atoms with Crippen LogP contribution in [0, 0.1) is 0 Å². The second-order valence-corrected chi connectivity index (χ2v) is 3.95. The number of carbonyl (C=O) groups excluding carboxylic acids is 1. The number of halogens is 1. The maximum absolute atomic E-state index is 11.6. The molecule has 0 saturated carbocycles. The molecule has 0 aliphatic rings. The lowest BCUT2D eigenvalue weighted by atomic mass is 10.1. The van der Waals surface area contributed by atoms with Crippen molar-refractivity contribution in [1.29, 1.82) is 0 Å². The van der Waals surface area contributed by atoms with Gasteiger partial charge in [-0.15, -0.1) is 0 Å². The van der Waals surface area contributed by atoms with Gasteiger partial charge in [-0.2, -0.15) is 5.10 Å². The number of Topliss-reactive ketones (excluding diaryl/α,β-unsaturated/α-hetero) is 1. The number of likely N-dealkylation sites (N-methyl/N-ethyl adjacent to an activating group) is 1. The lowest BCUT2D eigenvalue weighted by molar-refractivity contribution is 0.0993. The van der Waals surface area contributed by atoms with Gasteiger partial charge >= 0.3 is 0 Å². The van der Waals surface area contributed by atoms with Gasteiger partial charge in [0, 0.05) is 5.56 Å². The van der Waals surface area contributed by atoms with Gasteiger partial charge in [0.2, 0.25) is 0 Å². The number of nitrogens with zero attached hydrogens (tertiary/aromatic N) is 2. The first-order chi connectivity index (χ1) is 8.22. The summed E-state index contributed by atoms with van der Waals surface area (Å²) in [5.74, 6) is 0.0608. The first-order valence-corrected chi connectivity index (χ1v) is 5.58. The van der Waals surface area contributed by atoms with Crippen molar-refractivity contribution in [3.63, 3.8) is 0 Å². The quantitative estimate of drug-likeness (QED) is 0.843. The summed E-state index contributed by atoms with van der Waals surface area (Å²) in [6.45, 7) is 0.335. The van der Waals surface area contributed by atoms with Crippen molar-refractivity contribution in [2.24, 2.45) is 0 Å². The van der Waals surface area contributed by atoms with Crippen LogP contribution in [-0.2, 0) is 0 Å². The summed E-state index contributed by atoms with van der Waals surface area (Å²) in [6, 6.07) is 8.89. The average Bonchev–Trinajstić information content (AvgIpc) is 2.76. The Hall–Kier alpha value is -1.65. The molecule has 5 heteroatoms. The Balaban J connectivity index is 2.25. The van der Waals surface area contributed by atoms with Crippen LogP contribution in [-0.4, -0.2) is 29.2 Å². The predicted molar refractivity (Wildman–Crippen MR) is 66.8 cm³/mol. The highest BCUT2D eigenvalue weighted by Crippen LogP contribution is 2.15. The molecule has 88 valence electrons. The number of ketones is 1. The van der Waals surface area contributed by atoms with E-state index in [-0.39, 0.29) is 5.78 Å². The second kappa shape index (κ2) is 5.12. The molecule has 1 aromatic heterocycles. The van der Waals surface area contributed by atoms with Crippen molar-refractivity contribution < 1.29 is 4.79 Å². The van der Waals surface area contributed by atoms with Crippen LogP contribution < -0.4 is 5.32 Å². The van der Waals surface area contributed by atoms with Crippen molar-refractivity contribution in [2.75, 3.05) is 13.6 Å². The highest BCUT2D eigenvalue weighted by molar-refractivity contribution is 6.29. The Bertz CT molecular complexity index is 519. The Morgan fingerprint density at radius 1 is 1.35 bits per heavy atom. The molecule has 0 atom stereocenters. The summed E-state index contributed by atoms with van der Waals surface area (Å²) < 4.78 is 1.61. The van der Waals surface area contributed by atoms with Gasteiger partial charge in [0.25, 0.3) is 0 Å². The molecule has 17 heavy (non-hydrogen) atoms. The fraction of sp³-hybridized carbons (Fsp3) is 0.167. The normalized spacial score (nSPS) is 10.5. The van der Waals surface area contributed by atoms with Gasteiger partial charge in [-0.05, 0) is 37.4 Å². The number of carbonyl (C=O) groups is 1. The van der Waals surface area contributed by atoms with Gasteiger partial charge < -0.3 is 5.32 Å². The molecular weight excluding hydrogens is 238 g/mol. The van der Waals surface area contributed by atoms with Crippen LogP contribution in [0.2, 0.25) is 5.15 Å². The minimum atomic E-state index is 0.0608. The summed E-state index contributed by atoms with van der Waals surface area (Å²) in [6.07, 6.45) is 1.63. The van der Waals surface area contributed by atoms with Crippen molar-refractivity contribution in [1.82, 2.24) is 15.1 Å². The summed E-state index contributed by atoms with van der Waals surface area (Å²) in [4.78, 5) is 11.6. The van der Waals surface area contributed by atoms with E-state index in [1.807, 2.05) is 12.1 Å². The molecule has 0 unspecified atom stereocenters. The molecule has 0 amide bonds. The Morgan fingerprint density at radius 3 is 2.59 bits per heavy atom. The highest BCUT2D eigenvalue weighted by Gasteiger charge is 2.06. The maximum atomic E-state index is 11.6. The zero-order chi connectivity index (χ0) is 12.3. The molecule has 1 N–H and O–H groups in total. The molecular formula is C12H12ClN3O. The van der Waals surface area contributed by atoms with E-state index in [0.29, 0.717) is 17.3 Å². The molecule has 0 aliphatic heterocycles. The topological polar surface area (TPSA) is 46.9 Å². The molecule has 0 bridgehead atoms. The summed E-state index contributed by atoms with van der Waals surface area (Å²) in [5.41, 5.74) is 1.51. The third kappa shape index (κ3) is 2.54. The van der Waals surface area contributed by atoms with E-state index in [1.54, 1.807) is 36.1 Å². The van der Waals surface area contributed by atoms with Crippen molar-refractivity contribution in [2.45, 2.75) is 0 Å². The minimum Gasteiger partial charge on any atom is -0.313 e. The van der Waals surface area contributed by atoms with Gasteiger partial charge in [-0.1, -0.05) is 11.6 Å². The van der Waals surface area contributed by atoms with Gasteiger partial charge in [-0.3, -0.25) is 4.79 Å². The number of hydrogen-bond acceptors (Lipinski definition) is 3. The molecule has 0 saturated heterocycles. The molecule has 2 aromatic rings. The number of benzene rings is 1. The molecule has 4 nitrogen and oxygen atoms in total. The standard InChI is InChI=1S/C12H12ClN3O/c1-14-8-11(17)9-2-4-10(5-3-9)16-12(13)6-7-15-16/h2-7,14H,8H2,1H3. The Morgan fingerprint density at radius 2 is 2.06 bits per heavy atom. The van der Waals surface area contributed by atoms with E-state index in [9.17, 15) is 4.79 Å². The minimum absolute atomic E-state index is 0.0608. The number of hydrogen-bond donors (Lipinski definition) is 1. The zero-order valence-corrected chi connectivity index (χ0v) is 10.1. The first-order valence-electron chi connectivity index (χ1n) is 5.20. The average molecular weight is 250 g/mol. The van der Waals surface area contributed by atoms with Crippen LogP contribution in [0.1, 0.15) is 10.4 Å². The van der Waals surface area contributed by atoms with E-state index in [4.69, 9.17) is 11.6 Å². The van der Waals surface area contributed by atoms with Crippen LogP contribution in [0.25, 0.3) is 5.69 Å². The summed E-state index contributed by atoms with van der Waals surface area (Å²) in [7, 11) is 1.75. The van der Waals surface area contributed by atoms with Gasteiger partial charge in [0.15, 0.2) is 5.78 Å². The Kier molecular flexibility index (Phi) is 3.56. The number of nitrogens with one attached hydrogen (secondary N) is 1.